The molecule has 0 N–H and O–H groups in total. The third-order valence-electron chi connectivity index (χ3n) is 9.82. The van der Waals surface area contributed by atoms with Crippen molar-refractivity contribution in [3.63, 3.8) is 0 Å². The molecule has 1 heterocycles. The summed E-state index contributed by atoms with van der Waals surface area (Å²) in [5, 5.41) is 13.4. The number of nitrogens with zero attached hydrogens (tertiary/aromatic N) is 2. The normalized spacial score (nSPS) is 11.8. The predicted octanol–water partition coefficient (Wildman–Crippen LogP) is 12.4. The maximum atomic E-state index is 5.37. The molecule has 0 unspecified atom stereocenters. The minimum absolute atomic E-state index is 0.734. The zero-order chi connectivity index (χ0) is 31.6. The summed E-state index contributed by atoms with van der Waals surface area (Å²) in [6.07, 6.45) is 0. The molecular formula is C46H28N2. The number of hydrogen-bond acceptors (Lipinski definition) is 2. The van der Waals surface area contributed by atoms with Crippen LogP contribution >= 0.6 is 0 Å². The summed E-state index contributed by atoms with van der Waals surface area (Å²) in [7, 11) is 0. The van der Waals surface area contributed by atoms with Crippen molar-refractivity contribution in [1.82, 2.24) is 9.97 Å². The molecule has 10 rings (SSSR count). The molecule has 9 aromatic carbocycles. The average molecular weight is 609 g/mol. The topological polar surface area (TPSA) is 25.8 Å². The van der Waals surface area contributed by atoms with E-state index in [0.717, 1.165) is 38.9 Å². The minimum atomic E-state index is 0.734. The number of benzene rings is 9. The van der Waals surface area contributed by atoms with E-state index in [4.69, 9.17) is 9.97 Å². The lowest BCUT2D eigenvalue weighted by Gasteiger charge is -2.16. The van der Waals surface area contributed by atoms with Crippen molar-refractivity contribution in [2.24, 2.45) is 0 Å². The van der Waals surface area contributed by atoms with Gasteiger partial charge in [-0.15, -0.1) is 0 Å². The highest BCUT2D eigenvalue weighted by molar-refractivity contribution is 6.30. The maximum Gasteiger partial charge on any atom is 0.161 e. The second kappa shape index (κ2) is 10.6. The highest BCUT2D eigenvalue weighted by Crippen LogP contribution is 2.42. The van der Waals surface area contributed by atoms with Crippen molar-refractivity contribution in [1.29, 1.82) is 0 Å². The molecule has 2 heteroatoms. The van der Waals surface area contributed by atoms with E-state index in [0.29, 0.717) is 0 Å². The molecule has 0 bridgehead atoms. The van der Waals surface area contributed by atoms with Crippen LogP contribution in [0.5, 0.6) is 0 Å². The Hall–Kier alpha value is -6.38. The van der Waals surface area contributed by atoms with Gasteiger partial charge in [0.2, 0.25) is 0 Å². The Morgan fingerprint density at radius 2 is 0.875 bits per heavy atom. The van der Waals surface area contributed by atoms with Gasteiger partial charge in [-0.25, -0.2) is 9.97 Å². The molecule has 0 amide bonds. The largest absolute Gasteiger partial charge is 0.228 e. The fourth-order valence-electron chi connectivity index (χ4n) is 7.48. The second-order valence-electron chi connectivity index (χ2n) is 12.6. The van der Waals surface area contributed by atoms with Crippen molar-refractivity contribution in [3.8, 4) is 33.8 Å². The molecular weight excluding hydrogens is 581 g/mol. The first-order valence-electron chi connectivity index (χ1n) is 16.4. The van der Waals surface area contributed by atoms with Crippen molar-refractivity contribution < 1.29 is 0 Å². The molecule has 0 fully saturated rings. The van der Waals surface area contributed by atoms with E-state index in [2.05, 4.69) is 170 Å². The maximum absolute atomic E-state index is 5.37. The molecule has 0 saturated carbocycles. The summed E-state index contributed by atoms with van der Waals surface area (Å²) in [5.74, 6) is 0.734. The molecule has 0 radical (unpaired) electrons. The molecule has 1 aromatic heterocycles. The SMILES string of the molecule is c1ccc2cc(-c3ccc(-c4nc(-c5cc6ccc7ccccc7c6c6c5ccc5ccccc56)nc5ccccc45)cc3)ccc2c1. The van der Waals surface area contributed by atoms with Gasteiger partial charge in [0.25, 0.3) is 0 Å². The lowest BCUT2D eigenvalue weighted by atomic mass is 9.90. The highest BCUT2D eigenvalue weighted by atomic mass is 14.9. The number of para-hydroxylation sites is 1. The van der Waals surface area contributed by atoms with Gasteiger partial charge in [-0.3, -0.25) is 0 Å². The molecule has 48 heavy (non-hydrogen) atoms. The Kier molecular flexibility index (Phi) is 5.91. The summed E-state index contributed by atoms with van der Waals surface area (Å²) >= 11 is 0. The zero-order valence-electron chi connectivity index (χ0n) is 26.1. The van der Waals surface area contributed by atoms with Crippen LogP contribution in [0.3, 0.4) is 0 Å². The fraction of sp³-hybridized carbons (Fsp3) is 0. The van der Waals surface area contributed by atoms with Crippen LogP contribution in [0.2, 0.25) is 0 Å². The van der Waals surface area contributed by atoms with Crippen LogP contribution in [-0.4, -0.2) is 9.97 Å². The van der Waals surface area contributed by atoms with E-state index < -0.39 is 0 Å². The Labute approximate surface area is 277 Å². The smallest absolute Gasteiger partial charge is 0.161 e. The molecule has 0 saturated heterocycles. The fourth-order valence-corrected chi connectivity index (χ4v) is 7.48. The Bertz CT molecular complexity index is 2890. The number of rotatable bonds is 3. The van der Waals surface area contributed by atoms with Crippen LogP contribution < -0.4 is 0 Å². The van der Waals surface area contributed by atoms with E-state index in [1.807, 2.05) is 0 Å². The van der Waals surface area contributed by atoms with Gasteiger partial charge in [0.15, 0.2) is 5.82 Å². The van der Waals surface area contributed by atoms with Crippen LogP contribution in [0.15, 0.2) is 170 Å². The standard InChI is InChI=1S/C46H28N2/c1-2-12-34-27-35(23-19-29(34)9-1)30-17-21-33(22-18-30)45-40-15-7-8-16-42(40)47-46(48-45)41-28-36-24-20-31-10-3-5-13-37(31)43(36)44-38-14-6-4-11-32(38)25-26-39(41)44/h1-28H. The molecule has 0 aliphatic heterocycles. The number of aromatic nitrogens is 2. The van der Waals surface area contributed by atoms with E-state index in [-0.39, 0.29) is 0 Å². The van der Waals surface area contributed by atoms with E-state index in [1.54, 1.807) is 0 Å². The Balaban J connectivity index is 1.21. The monoisotopic (exact) mass is 608 g/mol. The van der Waals surface area contributed by atoms with Gasteiger partial charge in [-0.1, -0.05) is 152 Å². The lowest BCUT2D eigenvalue weighted by Crippen LogP contribution is -1.97. The van der Waals surface area contributed by atoms with E-state index in [1.165, 1.54) is 59.6 Å². The van der Waals surface area contributed by atoms with Gasteiger partial charge in [0.05, 0.1) is 11.2 Å². The van der Waals surface area contributed by atoms with E-state index in [9.17, 15) is 0 Å². The van der Waals surface area contributed by atoms with Crippen LogP contribution in [-0.2, 0) is 0 Å². The van der Waals surface area contributed by atoms with Crippen LogP contribution in [0.1, 0.15) is 0 Å². The second-order valence-corrected chi connectivity index (χ2v) is 12.6. The van der Waals surface area contributed by atoms with Gasteiger partial charge in [-0.2, -0.15) is 0 Å². The van der Waals surface area contributed by atoms with Gasteiger partial charge in [-0.05, 0) is 83.2 Å². The first-order valence-corrected chi connectivity index (χ1v) is 16.4. The molecule has 222 valence electrons. The van der Waals surface area contributed by atoms with Gasteiger partial charge < -0.3 is 0 Å². The van der Waals surface area contributed by atoms with Gasteiger partial charge in [0.1, 0.15) is 0 Å². The first-order chi connectivity index (χ1) is 23.8. The van der Waals surface area contributed by atoms with Crippen molar-refractivity contribution >= 4 is 64.8 Å². The third-order valence-corrected chi connectivity index (χ3v) is 9.82. The highest BCUT2D eigenvalue weighted by Gasteiger charge is 2.18. The summed E-state index contributed by atoms with van der Waals surface area (Å²) in [6.45, 7) is 0. The van der Waals surface area contributed by atoms with Crippen LogP contribution in [0.4, 0.5) is 0 Å². The third kappa shape index (κ3) is 4.20. The minimum Gasteiger partial charge on any atom is -0.228 e. The van der Waals surface area contributed by atoms with Crippen molar-refractivity contribution in [2.75, 3.05) is 0 Å². The summed E-state index contributed by atoms with van der Waals surface area (Å²) in [4.78, 5) is 10.6. The summed E-state index contributed by atoms with van der Waals surface area (Å²) in [5.41, 5.74) is 6.37. The molecule has 0 spiro atoms. The molecule has 2 nitrogen and oxygen atoms in total. The summed E-state index contributed by atoms with van der Waals surface area (Å²) in [6, 6.07) is 60.9. The van der Waals surface area contributed by atoms with Crippen molar-refractivity contribution in [2.45, 2.75) is 0 Å². The Morgan fingerprint density at radius 1 is 0.312 bits per heavy atom. The van der Waals surface area contributed by atoms with Crippen LogP contribution in [0, 0.1) is 0 Å². The predicted molar refractivity (Wildman–Crippen MR) is 203 cm³/mol. The van der Waals surface area contributed by atoms with Gasteiger partial charge in [0, 0.05) is 16.5 Å². The number of fused-ring (bicyclic) bond motifs is 9. The molecule has 0 aliphatic carbocycles. The number of hydrogen-bond donors (Lipinski definition) is 0. The Morgan fingerprint density at radius 3 is 1.67 bits per heavy atom. The lowest BCUT2D eigenvalue weighted by molar-refractivity contribution is 1.24. The zero-order valence-corrected chi connectivity index (χ0v) is 26.1. The molecule has 10 aromatic rings. The summed E-state index contributed by atoms with van der Waals surface area (Å²) < 4.78 is 0. The van der Waals surface area contributed by atoms with E-state index >= 15 is 0 Å². The van der Waals surface area contributed by atoms with Crippen molar-refractivity contribution in [3.05, 3.63) is 170 Å². The average Bonchev–Trinajstić information content (AvgIpc) is 3.16. The van der Waals surface area contributed by atoms with Crippen LogP contribution in [0.25, 0.3) is 98.5 Å². The molecule has 0 atom stereocenters. The first kappa shape index (κ1) is 26.8. The van der Waals surface area contributed by atoms with Gasteiger partial charge >= 0.3 is 0 Å². The quantitative estimate of drug-likeness (QED) is 0.187. The molecule has 0 aliphatic rings.